The van der Waals surface area contributed by atoms with Crippen LogP contribution in [0, 0.1) is 0 Å². The summed E-state index contributed by atoms with van der Waals surface area (Å²) in [6.45, 7) is 1.86. The van der Waals surface area contributed by atoms with Gasteiger partial charge >= 0.3 is 5.97 Å². The fourth-order valence-corrected chi connectivity index (χ4v) is 1.42. The molecular weight excluding hydrogens is 236 g/mol. The van der Waals surface area contributed by atoms with E-state index in [1.54, 1.807) is 6.07 Å². The van der Waals surface area contributed by atoms with Gasteiger partial charge in [-0.1, -0.05) is 13.3 Å². The van der Waals surface area contributed by atoms with Crippen LogP contribution >= 0.6 is 0 Å². The number of aromatic nitrogens is 1. The first-order valence-electron chi connectivity index (χ1n) is 5.62. The Kier molecular flexibility index (Phi) is 5.10. The first-order chi connectivity index (χ1) is 8.58. The molecule has 0 fully saturated rings. The molecule has 0 saturated heterocycles. The molecule has 0 radical (unpaired) electrons. The molecule has 1 aromatic rings. The van der Waals surface area contributed by atoms with Crippen molar-refractivity contribution < 1.29 is 19.4 Å². The van der Waals surface area contributed by atoms with Gasteiger partial charge in [0.1, 0.15) is 6.04 Å². The second-order valence-electron chi connectivity index (χ2n) is 3.74. The van der Waals surface area contributed by atoms with Crippen LogP contribution < -0.4 is 10.1 Å². The van der Waals surface area contributed by atoms with Crippen molar-refractivity contribution in [3.05, 3.63) is 23.9 Å². The molecule has 0 saturated carbocycles. The predicted octanol–water partition coefficient (Wildman–Crippen LogP) is 1.07. The predicted molar refractivity (Wildman–Crippen MR) is 64.6 cm³/mol. The maximum Gasteiger partial charge on any atom is 0.326 e. The Bertz CT molecular complexity index is 417. The number of hydrogen-bond acceptors (Lipinski definition) is 4. The molecule has 2 N–H and O–H groups in total. The summed E-state index contributed by atoms with van der Waals surface area (Å²) in [6, 6.07) is 2.21. The van der Waals surface area contributed by atoms with Crippen LogP contribution in [0.2, 0.25) is 0 Å². The van der Waals surface area contributed by atoms with Crippen molar-refractivity contribution in [3.63, 3.8) is 0 Å². The van der Waals surface area contributed by atoms with Gasteiger partial charge < -0.3 is 15.2 Å². The van der Waals surface area contributed by atoms with Crippen molar-refractivity contribution >= 4 is 11.9 Å². The molecule has 1 rings (SSSR count). The minimum Gasteiger partial charge on any atom is -0.481 e. The highest BCUT2D eigenvalue weighted by molar-refractivity contribution is 5.96. The highest BCUT2D eigenvalue weighted by atomic mass is 16.5. The Labute approximate surface area is 105 Å². The van der Waals surface area contributed by atoms with Crippen molar-refractivity contribution in [3.8, 4) is 5.88 Å². The van der Waals surface area contributed by atoms with E-state index in [-0.39, 0.29) is 0 Å². The number of carboxylic acids is 1. The van der Waals surface area contributed by atoms with Gasteiger partial charge in [-0.25, -0.2) is 9.78 Å². The molecule has 1 aromatic heterocycles. The normalized spacial score (nSPS) is 11.7. The van der Waals surface area contributed by atoms with E-state index < -0.39 is 17.9 Å². The summed E-state index contributed by atoms with van der Waals surface area (Å²) in [4.78, 5) is 26.6. The molecule has 0 aromatic carbocycles. The molecular formula is C12H16N2O4. The number of nitrogens with one attached hydrogen (secondary N) is 1. The molecule has 1 heterocycles. The second-order valence-corrected chi connectivity index (χ2v) is 3.74. The van der Waals surface area contributed by atoms with Crippen molar-refractivity contribution in [2.24, 2.45) is 0 Å². The minimum absolute atomic E-state index is 0.304. The van der Waals surface area contributed by atoms with Gasteiger partial charge in [-0.15, -0.1) is 0 Å². The van der Waals surface area contributed by atoms with Gasteiger partial charge in [0.2, 0.25) is 5.88 Å². The number of amides is 1. The summed E-state index contributed by atoms with van der Waals surface area (Å²) in [5.41, 5.74) is 0.304. The first kappa shape index (κ1) is 14.0. The fraction of sp³-hybridized carbons (Fsp3) is 0.417. The number of nitrogens with zero attached hydrogens (tertiary/aromatic N) is 1. The van der Waals surface area contributed by atoms with E-state index in [0.29, 0.717) is 24.3 Å². The SMILES string of the molecule is CCC[C@@H](NC(=O)c1ccc(OC)nc1)C(=O)O. The Morgan fingerprint density at radius 2 is 2.22 bits per heavy atom. The summed E-state index contributed by atoms with van der Waals surface area (Å²) in [6.07, 6.45) is 2.42. The van der Waals surface area contributed by atoms with Gasteiger partial charge in [-0.3, -0.25) is 4.79 Å². The molecule has 6 nitrogen and oxygen atoms in total. The first-order valence-corrected chi connectivity index (χ1v) is 5.62. The largest absolute Gasteiger partial charge is 0.481 e. The lowest BCUT2D eigenvalue weighted by molar-refractivity contribution is -0.139. The molecule has 1 amide bonds. The zero-order valence-corrected chi connectivity index (χ0v) is 10.3. The van der Waals surface area contributed by atoms with E-state index >= 15 is 0 Å². The average Bonchev–Trinajstić information content (AvgIpc) is 2.38. The lowest BCUT2D eigenvalue weighted by Crippen LogP contribution is -2.40. The number of methoxy groups -OCH3 is 1. The average molecular weight is 252 g/mol. The maximum absolute atomic E-state index is 11.8. The molecule has 0 unspecified atom stereocenters. The van der Waals surface area contributed by atoms with E-state index in [0.717, 1.165) is 0 Å². The lowest BCUT2D eigenvalue weighted by atomic mass is 10.1. The summed E-state index contributed by atoms with van der Waals surface area (Å²) in [5.74, 6) is -1.09. The zero-order chi connectivity index (χ0) is 13.5. The third-order valence-electron chi connectivity index (χ3n) is 2.39. The van der Waals surface area contributed by atoms with Crippen molar-refractivity contribution in [1.29, 1.82) is 0 Å². The van der Waals surface area contributed by atoms with E-state index in [2.05, 4.69) is 10.3 Å². The summed E-state index contributed by atoms with van der Waals surface area (Å²) < 4.78 is 4.87. The molecule has 6 heteroatoms. The van der Waals surface area contributed by atoms with E-state index in [1.807, 2.05) is 6.92 Å². The van der Waals surface area contributed by atoms with Crippen LogP contribution in [0.5, 0.6) is 5.88 Å². The summed E-state index contributed by atoms with van der Waals surface area (Å²) >= 11 is 0. The minimum atomic E-state index is -1.04. The highest BCUT2D eigenvalue weighted by Gasteiger charge is 2.19. The van der Waals surface area contributed by atoms with E-state index in [1.165, 1.54) is 19.4 Å². The standard InChI is InChI=1S/C12H16N2O4/c1-3-4-9(12(16)17)14-11(15)8-5-6-10(18-2)13-7-8/h5-7,9H,3-4H2,1-2H3,(H,14,15)(H,16,17)/t9-/m1/s1. The topological polar surface area (TPSA) is 88.5 Å². The Morgan fingerprint density at radius 1 is 1.50 bits per heavy atom. The van der Waals surface area contributed by atoms with Crippen LogP contribution in [0.4, 0.5) is 0 Å². The lowest BCUT2D eigenvalue weighted by Gasteiger charge is -2.13. The molecule has 0 spiro atoms. The third kappa shape index (κ3) is 3.73. The van der Waals surface area contributed by atoms with Gasteiger partial charge in [0.05, 0.1) is 12.7 Å². The molecule has 0 aliphatic rings. The summed E-state index contributed by atoms with van der Waals surface area (Å²) in [5, 5.41) is 11.4. The van der Waals surface area contributed by atoms with Crippen LogP contribution in [0.25, 0.3) is 0 Å². The van der Waals surface area contributed by atoms with Gasteiger partial charge in [-0.05, 0) is 12.5 Å². The van der Waals surface area contributed by atoms with Gasteiger partial charge in [0, 0.05) is 12.3 Å². The fourth-order valence-electron chi connectivity index (χ4n) is 1.42. The number of aliphatic carboxylic acids is 1. The molecule has 0 bridgehead atoms. The molecule has 18 heavy (non-hydrogen) atoms. The molecule has 0 aliphatic heterocycles. The maximum atomic E-state index is 11.8. The molecule has 1 atom stereocenters. The Hall–Kier alpha value is -2.11. The quantitative estimate of drug-likeness (QED) is 0.790. The smallest absolute Gasteiger partial charge is 0.326 e. The van der Waals surface area contributed by atoms with Crippen LogP contribution in [-0.2, 0) is 4.79 Å². The van der Waals surface area contributed by atoms with Gasteiger partial charge in [0.25, 0.3) is 5.91 Å². The number of rotatable bonds is 6. The Balaban J connectivity index is 2.70. The van der Waals surface area contributed by atoms with Gasteiger partial charge in [-0.2, -0.15) is 0 Å². The van der Waals surface area contributed by atoms with Crippen molar-refractivity contribution in [2.75, 3.05) is 7.11 Å². The molecule has 0 aliphatic carbocycles. The summed E-state index contributed by atoms with van der Waals surface area (Å²) in [7, 11) is 1.48. The van der Waals surface area contributed by atoms with Crippen LogP contribution in [0.1, 0.15) is 30.1 Å². The number of hydrogen-bond donors (Lipinski definition) is 2. The molecule has 98 valence electrons. The van der Waals surface area contributed by atoms with Crippen molar-refractivity contribution in [1.82, 2.24) is 10.3 Å². The monoisotopic (exact) mass is 252 g/mol. The van der Waals surface area contributed by atoms with E-state index in [4.69, 9.17) is 9.84 Å². The van der Waals surface area contributed by atoms with Crippen molar-refractivity contribution in [2.45, 2.75) is 25.8 Å². The Morgan fingerprint density at radius 3 is 2.67 bits per heavy atom. The number of carbonyl (C=O) groups is 2. The van der Waals surface area contributed by atoms with Crippen LogP contribution in [-0.4, -0.2) is 35.1 Å². The highest BCUT2D eigenvalue weighted by Crippen LogP contribution is 2.07. The van der Waals surface area contributed by atoms with Crippen LogP contribution in [0.3, 0.4) is 0 Å². The van der Waals surface area contributed by atoms with E-state index in [9.17, 15) is 9.59 Å². The second kappa shape index (κ2) is 6.58. The zero-order valence-electron chi connectivity index (χ0n) is 10.3. The van der Waals surface area contributed by atoms with Crippen LogP contribution in [0.15, 0.2) is 18.3 Å². The number of carboxylic acid groups (broad SMARTS) is 1. The third-order valence-corrected chi connectivity index (χ3v) is 2.39. The number of ether oxygens (including phenoxy) is 1. The number of carbonyl (C=O) groups excluding carboxylic acids is 1. The number of pyridine rings is 1. The van der Waals surface area contributed by atoms with Gasteiger partial charge in [0.15, 0.2) is 0 Å².